The van der Waals surface area contributed by atoms with Crippen molar-refractivity contribution in [1.29, 1.82) is 0 Å². The van der Waals surface area contributed by atoms with Crippen LogP contribution in [0.2, 0.25) is 0 Å². The summed E-state index contributed by atoms with van der Waals surface area (Å²) in [4.78, 5) is 12.3. The lowest BCUT2D eigenvalue weighted by atomic mass is 10.2. The molecule has 0 aliphatic heterocycles. The Labute approximate surface area is 148 Å². The van der Waals surface area contributed by atoms with Crippen LogP contribution in [0, 0.1) is 12.7 Å². The summed E-state index contributed by atoms with van der Waals surface area (Å²) in [6.07, 6.45) is 0. The number of nitrogens with zero attached hydrogens (tertiary/aromatic N) is 4. The molecular formula is C17H16FN5OS. The van der Waals surface area contributed by atoms with Crippen LogP contribution >= 0.6 is 11.8 Å². The van der Waals surface area contributed by atoms with Crippen molar-refractivity contribution in [1.82, 2.24) is 20.2 Å². The molecule has 1 aromatic heterocycles. The van der Waals surface area contributed by atoms with Gasteiger partial charge in [-0.2, -0.15) is 4.68 Å². The van der Waals surface area contributed by atoms with E-state index in [1.807, 2.05) is 31.2 Å². The maximum atomic E-state index is 13.2. The van der Waals surface area contributed by atoms with E-state index < -0.39 is 11.1 Å². The van der Waals surface area contributed by atoms with Crippen LogP contribution in [0.1, 0.15) is 12.5 Å². The van der Waals surface area contributed by atoms with Gasteiger partial charge in [0.1, 0.15) is 5.82 Å². The second-order valence-electron chi connectivity index (χ2n) is 5.47. The number of amides is 1. The van der Waals surface area contributed by atoms with Crippen molar-refractivity contribution in [2.45, 2.75) is 24.3 Å². The Hall–Kier alpha value is -2.74. The molecule has 0 bridgehead atoms. The van der Waals surface area contributed by atoms with E-state index >= 15 is 0 Å². The summed E-state index contributed by atoms with van der Waals surface area (Å²) in [7, 11) is 0. The summed E-state index contributed by atoms with van der Waals surface area (Å²) >= 11 is 1.23. The van der Waals surface area contributed by atoms with Gasteiger partial charge in [-0.1, -0.05) is 35.5 Å². The predicted octanol–water partition coefficient (Wildman–Crippen LogP) is 3.23. The average Bonchev–Trinajstić information content (AvgIpc) is 3.03. The number of aryl methyl sites for hydroxylation is 1. The summed E-state index contributed by atoms with van der Waals surface area (Å²) in [6, 6.07) is 13.5. The molecule has 25 heavy (non-hydrogen) atoms. The fourth-order valence-corrected chi connectivity index (χ4v) is 2.93. The molecule has 0 fully saturated rings. The Morgan fingerprint density at radius 1 is 1.24 bits per heavy atom. The molecule has 6 nitrogen and oxygen atoms in total. The van der Waals surface area contributed by atoms with E-state index in [2.05, 4.69) is 20.8 Å². The lowest BCUT2D eigenvalue weighted by molar-refractivity contribution is -0.115. The smallest absolute Gasteiger partial charge is 0.237 e. The molecule has 1 atom stereocenters. The molecule has 3 rings (SSSR count). The molecule has 0 saturated heterocycles. The summed E-state index contributed by atoms with van der Waals surface area (Å²) in [6.45, 7) is 3.74. The second kappa shape index (κ2) is 7.43. The van der Waals surface area contributed by atoms with Crippen molar-refractivity contribution in [3.8, 4) is 5.69 Å². The number of thioether (sulfide) groups is 1. The minimum Gasteiger partial charge on any atom is -0.325 e. The third-order valence-electron chi connectivity index (χ3n) is 3.46. The quantitative estimate of drug-likeness (QED) is 0.710. The summed E-state index contributed by atoms with van der Waals surface area (Å²) in [5.74, 6) is -0.657. The van der Waals surface area contributed by atoms with Crippen molar-refractivity contribution >= 4 is 23.4 Å². The number of hydrogen-bond donors (Lipinski definition) is 1. The lowest BCUT2D eigenvalue weighted by Gasteiger charge is -2.12. The number of anilines is 1. The van der Waals surface area contributed by atoms with Crippen LogP contribution in [-0.4, -0.2) is 31.4 Å². The van der Waals surface area contributed by atoms with Crippen LogP contribution in [0.5, 0.6) is 0 Å². The third kappa shape index (κ3) is 4.21. The number of benzene rings is 2. The van der Waals surface area contributed by atoms with Gasteiger partial charge in [0, 0.05) is 5.69 Å². The standard InChI is InChI=1S/C17H16FN5OS/c1-11-6-8-15(9-7-11)23-17(20-21-22-23)25-12(2)16(24)19-14-5-3-4-13(18)10-14/h3-10,12H,1-2H3,(H,19,24)/t12-/m0/s1. The minimum atomic E-state index is -0.460. The highest BCUT2D eigenvalue weighted by atomic mass is 32.2. The molecule has 0 aliphatic rings. The minimum absolute atomic E-state index is 0.256. The first-order chi connectivity index (χ1) is 12.0. The van der Waals surface area contributed by atoms with Gasteiger partial charge in [-0.15, -0.1) is 5.10 Å². The van der Waals surface area contributed by atoms with Crippen LogP contribution in [0.3, 0.4) is 0 Å². The SMILES string of the molecule is Cc1ccc(-n2nnnc2S[C@@H](C)C(=O)Nc2cccc(F)c2)cc1. The Morgan fingerprint density at radius 2 is 2.00 bits per heavy atom. The fraction of sp³-hybridized carbons (Fsp3) is 0.176. The highest BCUT2D eigenvalue weighted by Crippen LogP contribution is 2.24. The second-order valence-corrected chi connectivity index (χ2v) is 6.78. The Kier molecular flexibility index (Phi) is 5.08. The van der Waals surface area contributed by atoms with Gasteiger partial charge in [-0.3, -0.25) is 4.79 Å². The van der Waals surface area contributed by atoms with Crippen molar-refractivity contribution < 1.29 is 9.18 Å². The zero-order valence-corrected chi connectivity index (χ0v) is 14.5. The Morgan fingerprint density at radius 3 is 2.72 bits per heavy atom. The summed E-state index contributed by atoms with van der Waals surface area (Å²) < 4.78 is 14.8. The van der Waals surface area contributed by atoms with Gasteiger partial charge in [0.05, 0.1) is 10.9 Å². The van der Waals surface area contributed by atoms with Gasteiger partial charge < -0.3 is 5.32 Å². The van der Waals surface area contributed by atoms with Crippen molar-refractivity contribution in [3.05, 3.63) is 59.9 Å². The van der Waals surface area contributed by atoms with Gasteiger partial charge in [-0.25, -0.2) is 4.39 Å². The van der Waals surface area contributed by atoms with Crippen LogP contribution in [0.25, 0.3) is 5.69 Å². The third-order valence-corrected chi connectivity index (χ3v) is 4.50. The molecular weight excluding hydrogens is 341 g/mol. The van der Waals surface area contributed by atoms with E-state index in [1.165, 1.54) is 23.9 Å². The van der Waals surface area contributed by atoms with Crippen LogP contribution in [0.15, 0.2) is 53.7 Å². The van der Waals surface area contributed by atoms with Crippen LogP contribution in [0.4, 0.5) is 10.1 Å². The number of hydrogen-bond acceptors (Lipinski definition) is 5. The van der Waals surface area contributed by atoms with E-state index in [-0.39, 0.29) is 5.91 Å². The first-order valence-corrected chi connectivity index (χ1v) is 8.49. The Balaban J connectivity index is 1.71. The number of carbonyl (C=O) groups excluding carboxylic acids is 1. The zero-order chi connectivity index (χ0) is 17.8. The van der Waals surface area contributed by atoms with E-state index in [0.717, 1.165) is 11.3 Å². The summed E-state index contributed by atoms with van der Waals surface area (Å²) in [5.41, 5.74) is 2.36. The monoisotopic (exact) mass is 357 g/mol. The largest absolute Gasteiger partial charge is 0.325 e. The summed E-state index contributed by atoms with van der Waals surface area (Å²) in [5, 5.41) is 14.4. The number of tetrazole rings is 1. The van der Waals surface area contributed by atoms with Crippen molar-refractivity contribution in [2.24, 2.45) is 0 Å². The lowest BCUT2D eigenvalue weighted by Crippen LogP contribution is -2.23. The fourth-order valence-electron chi connectivity index (χ4n) is 2.12. The van der Waals surface area contributed by atoms with E-state index in [4.69, 9.17) is 0 Å². The molecule has 1 N–H and O–H groups in total. The molecule has 0 radical (unpaired) electrons. The molecule has 3 aromatic rings. The van der Waals surface area contributed by atoms with Gasteiger partial charge in [0.25, 0.3) is 0 Å². The first kappa shape index (κ1) is 17.1. The van der Waals surface area contributed by atoms with Crippen molar-refractivity contribution in [3.63, 3.8) is 0 Å². The maximum absolute atomic E-state index is 13.2. The van der Waals surface area contributed by atoms with Gasteiger partial charge in [-0.05, 0) is 54.6 Å². The first-order valence-electron chi connectivity index (χ1n) is 7.61. The maximum Gasteiger partial charge on any atom is 0.237 e. The number of rotatable bonds is 5. The molecule has 1 amide bonds. The predicted molar refractivity (Wildman–Crippen MR) is 94.2 cm³/mol. The number of carbonyl (C=O) groups is 1. The van der Waals surface area contributed by atoms with Gasteiger partial charge in [0.2, 0.25) is 11.1 Å². The molecule has 0 unspecified atom stereocenters. The van der Waals surface area contributed by atoms with Crippen LogP contribution < -0.4 is 5.32 Å². The molecule has 8 heteroatoms. The van der Waals surface area contributed by atoms with Crippen molar-refractivity contribution in [2.75, 3.05) is 5.32 Å². The normalized spacial score (nSPS) is 12.0. The van der Waals surface area contributed by atoms with E-state index in [1.54, 1.807) is 23.7 Å². The van der Waals surface area contributed by atoms with Gasteiger partial charge >= 0.3 is 0 Å². The molecule has 1 heterocycles. The number of aromatic nitrogens is 4. The molecule has 0 aliphatic carbocycles. The van der Waals surface area contributed by atoms with E-state index in [0.29, 0.717) is 10.8 Å². The molecule has 2 aromatic carbocycles. The van der Waals surface area contributed by atoms with Crippen LogP contribution in [-0.2, 0) is 4.79 Å². The zero-order valence-electron chi connectivity index (χ0n) is 13.7. The highest BCUT2D eigenvalue weighted by Gasteiger charge is 2.19. The highest BCUT2D eigenvalue weighted by molar-refractivity contribution is 8.00. The number of nitrogens with one attached hydrogen (secondary N) is 1. The Bertz CT molecular complexity index is 881. The molecule has 0 spiro atoms. The number of halogens is 1. The molecule has 0 saturated carbocycles. The van der Waals surface area contributed by atoms with E-state index in [9.17, 15) is 9.18 Å². The van der Waals surface area contributed by atoms with Gasteiger partial charge in [0.15, 0.2) is 0 Å². The topological polar surface area (TPSA) is 72.7 Å². The molecule has 128 valence electrons. The average molecular weight is 357 g/mol.